The topological polar surface area (TPSA) is 30.0 Å². The minimum absolute atomic E-state index is 0.128. The second kappa shape index (κ2) is 11.7. The molecule has 0 amide bonds. The number of benzene rings is 2. The summed E-state index contributed by atoms with van der Waals surface area (Å²) in [5, 5.41) is 10.1. The van der Waals surface area contributed by atoms with Crippen molar-refractivity contribution < 1.29 is 13.9 Å². The van der Waals surface area contributed by atoms with E-state index in [9.17, 15) is 13.9 Å². The van der Waals surface area contributed by atoms with Crippen molar-refractivity contribution in [2.24, 2.45) is 0 Å². The van der Waals surface area contributed by atoms with Crippen LogP contribution in [0.5, 0.6) is 0 Å². The number of aliphatic hydroxyl groups excluding tert-OH is 1. The first-order valence-electron chi connectivity index (χ1n) is 11.2. The summed E-state index contributed by atoms with van der Waals surface area (Å²) >= 11 is 0. The lowest BCUT2D eigenvalue weighted by Crippen LogP contribution is -2.49. The molecular weight excluding hydrogens is 396 g/mol. The Hall–Kier alpha value is -1.86. The summed E-state index contributed by atoms with van der Waals surface area (Å²) in [5.41, 5.74) is 2.13. The van der Waals surface area contributed by atoms with Gasteiger partial charge in [0.05, 0.1) is 6.10 Å². The Balaban J connectivity index is 1.50. The predicted molar refractivity (Wildman–Crippen MR) is 121 cm³/mol. The van der Waals surface area contributed by atoms with Crippen molar-refractivity contribution in [2.45, 2.75) is 24.9 Å². The number of likely N-dealkylation sites (N-methyl/N-ethyl adjacent to an activating group) is 1. The predicted octanol–water partition coefficient (Wildman–Crippen LogP) is 3.42. The smallest absolute Gasteiger partial charge is 0.123 e. The van der Waals surface area contributed by atoms with Crippen LogP contribution in [-0.4, -0.2) is 85.8 Å². The molecule has 4 nitrogen and oxygen atoms in total. The monoisotopic (exact) mass is 431 g/mol. The van der Waals surface area contributed by atoms with Gasteiger partial charge in [0.25, 0.3) is 0 Å². The molecule has 3 rings (SSSR count). The molecule has 2 aromatic rings. The summed E-state index contributed by atoms with van der Waals surface area (Å²) in [5.74, 6) is -0.353. The molecule has 1 N–H and O–H groups in total. The van der Waals surface area contributed by atoms with Crippen molar-refractivity contribution in [1.82, 2.24) is 14.7 Å². The van der Waals surface area contributed by atoms with Crippen molar-refractivity contribution in [3.8, 4) is 0 Å². The minimum Gasteiger partial charge on any atom is -0.390 e. The molecule has 170 valence electrons. The molecule has 0 spiro atoms. The van der Waals surface area contributed by atoms with Crippen molar-refractivity contribution >= 4 is 0 Å². The number of piperazine rings is 1. The Labute approximate surface area is 185 Å². The molecule has 2 aromatic carbocycles. The Bertz CT molecular complexity index is 729. The van der Waals surface area contributed by atoms with Crippen molar-refractivity contribution in [1.29, 1.82) is 0 Å². The van der Waals surface area contributed by atoms with Crippen molar-refractivity contribution in [3.63, 3.8) is 0 Å². The summed E-state index contributed by atoms with van der Waals surface area (Å²) in [6.45, 7) is 6.39. The summed E-state index contributed by atoms with van der Waals surface area (Å²) in [6, 6.07) is 13.3. The van der Waals surface area contributed by atoms with Gasteiger partial charge >= 0.3 is 0 Å². The van der Waals surface area contributed by atoms with E-state index in [4.69, 9.17) is 0 Å². The summed E-state index contributed by atoms with van der Waals surface area (Å²) in [7, 11) is 3.96. The van der Waals surface area contributed by atoms with E-state index >= 15 is 0 Å². The van der Waals surface area contributed by atoms with E-state index < -0.39 is 0 Å². The third-order valence-corrected chi connectivity index (χ3v) is 6.02. The fraction of sp³-hybridized carbons (Fsp3) is 0.520. The van der Waals surface area contributed by atoms with E-state index in [2.05, 4.69) is 9.80 Å². The molecule has 1 aliphatic heterocycles. The molecule has 0 bridgehead atoms. The summed E-state index contributed by atoms with van der Waals surface area (Å²) < 4.78 is 26.8. The number of hydrogen-bond donors (Lipinski definition) is 1. The second-order valence-electron chi connectivity index (χ2n) is 8.86. The molecule has 31 heavy (non-hydrogen) atoms. The number of β-amino-alcohol motifs (C(OH)–C–C–N with tert-alkyl or cyclic N) is 1. The molecule has 1 heterocycles. The van der Waals surface area contributed by atoms with E-state index in [1.807, 2.05) is 43.3 Å². The standard InChI is InChI=1S/C25H35F2N3O/c1-28(2)18-24(31)19-30-16-14-29(15-17-30)13-3-4-25(20-5-9-22(26)10-6-20)21-7-11-23(27)12-8-21/h5-12,24-25,31H,3-4,13-19H2,1-2H3. The van der Waals surface area contributed by atoms with Crippen LogP contribution >= 0.6 is 0 Å². The van der Waals surface area contributed by atoms with E-state index in [0.717, 1.165) is 63.2 Å². The molecule has 1 unspecified atom stereocenters. The van der Waals surface area contributed by atoms with E-state index in [1.165, 1.54) is 24.3 Å². The van der Waals surface area contributed by atoms with Gasteiger partial charge in [-0.15, -0.1) is 0 Å². The number of rotatable bonds is 10. The largest absolute Gasteiger partial charge is 0.390 e. The molecule has 0 saturated carbocycles. The number of hydrogen-bond acceptors (Lipinski definition) is 4. The molecule has 1 atom stereocenters. The zero-order valence-electron chi connectivity index (χ0n) is 18.7. The van der Waals surface area contributed by atoms with Crippen LogP contribution in [0.2, 0.25) is 0 Å². The lowest BCUT2D eigenvalue weighted by Gasteiger charge is -2.36. The molecule has 0 radical (unpaired) electrons. The van der Waals surface area contributed by atoms with Gasteiger partial charge in [0.1, 0.15) is 11.6 Å². The van der Waals surface area contributed by atoms with Gasteiger partial charge in [-0.25, -0.2) is 8.78 Å². The minimum atomic E-state index is -0.311. The number of halogens is 2. The van der Waals surface area contributed by atoms with Gasteiger partial charge in [-0.3, -0.25) is 4.90 Å². The van der Waals surface area contributed by atoms with Gasteiger partial charge in [-0.2, -0.15) is 0 Å². The van der Waals surface area contributed by atoms with Crippen LogP contribution in [0, 0.1) is 11.6 Å². The van der Waals surface area contributed by atoms with E-state index in [0.29, 0.717) is 6.54 Å². The van der Waals surface area contributed by atoms with Crippen LogP contribution in [0.25, 0.3) is 0 Å². The fourth-order valence-electron chi connectivity index (χ4n) is 4.41. The highest BCUT2D eigenvalue weighted by Crippen LogP contribution is 2.30. The first kappa shape index (κ1) is 23.8. The maximum absolute atomic E-state index is 13.4. The second-order valence-corrected chi connectivity index (χ2v) is 8.86. The first-order valence-corrected chi connectivity index (χ1v) is 11.2. The highest BCUT2D eigenvalue weighted by atomic mass is 19.1. The molecule has 0 aromatic heterocycles. The molecule has 6 heteroatoms. The average Bonchev–Trinajstić information content (AvgIpc) is 2.73. The zero-order valence-corrected chi connectivity index (χ0v) is 18.7. The van der Waals surface area contributed by atoms with Gasteiger partial charge in [-0.1, -0.05) is 24.3 Å². The third kappa shape index (κ3) is 7.65. The van der Waals surface area contributed by atoms with Crippen LogP contribution in [-0.2, 0) is 0 Å². The molecule has 1 aliphatic rings. The SMILES string of the molecule is CN(C)CC(O)CN1CCN(CCCC(c2ccc(F)cc2)c2ccc(F)cc2)CC1. The third-order valence-electron chi connectivity index (χ3n) is 6.02. The normalized spacial score (nSPS) is 16.9. The van der Waals surface area contributed by atoms with Gasteiger partial charge < -0.3 is 14.9 Å². The number of nitrogens with zero attached hydrogens (tertiary/aromatic N) is 3. The van der Waals surface area contributed by atoms with Gasteiger partial charge in [-0.05, 0) is 68.9 Å². The van der Waals surface area contributed by atoms with Crippen LogP contribution in [0.1, 0.15) is 29.9 Å². The van der Waals surface area contributed by atoms with Crippen molar-refractivity contribution in [3.05, 3.63) is 71.3 Å². The van der Waals surface area contributed by atoms with Crippen LogP contribution in [0.15, 0.2) is 48.5 Å². The van der Waals surface area contributed by atoms with Gasteiger partial charge in [0.2, 0.25) is 0 Å². The van der Waals surface area contributed by atoms with E-state index in [-0.39, 0.29) is 23.7 Å². The van der Waals surface area contributed by atoms with Crippen molar-refractivity contribution in [2.75, 3.05) is 59.9 Å². The van der Waals surface area contributed by atoms with Crippen LogP contribution in [0.4, 0.5) is 8.78 Å². The lowest BCUT2D eigenvalue weighted by atomic mass is 9.87. The fourth-order valence-corrected chi connectivity index (χ4v) is 4.41. The summed E-state index contributed by atoms with van der Waals surface area (Å²) in [4.78, 5) is 6.82. The van der Waals surface area contributed by atoms with Gasteiger partial charge in [0.15, 0.2) is 0 Å². The highest BCUT2D eigenvalue weighted by molar-refractivity contribution is 5.32. The average molecular weight is 432 g/mol. The molecule has 1 saturated heterocycles. The molecule has 1 fully saturated rings. The molecular formula is C25H35F2N3O. The molecule has 0 aliphatic carbocycles. The Morgan fingerprint density at radius 3 is 1.81 bits per heavy atom. The van der Waals surface area contributed by atoms with Crippen LogP contribution in [0.3, 0.4) is 0 Å². The lowest BCUT2D eigenvalue weighted by molar-refractivity contribution is 0.0590. The van der Waals surface area contributed by atoms with E-state index in [1.54, 1.807) is 0 Å². The maximum atomic E-state index is 13.4. The number of aliphatic hydroxyl groups is 1. The zero-order chi connectivity index (χ0) is 22.2. The Morgan fingerprint density at radius 1 is 0.839 bits per heavy atom. The summed E-state index contributed by atoms with van der Waals surface area (Å²) in [6.07, 6.45) is 1.63. The quantitative estimate of drug-likeness (QED) is 0.624. The highest BCUT2D eigenvalue weighted by Gasteiger charge is 2.20. The maximum Gasteiger partial charge on any atom is 0.123 e. The van der Waals surface area contributed by atoms with Crippen LogP contribution < -0.4 is 0 Å². The van der Waals surface area contributed by atoms with Gasteiger partial charge in [0, 0.05) is 45.2 Å². The Morgan fingerprint density at radius 2 is 1.32 bits per heavy atom. The Kier molecular flexibility index (Phi) is 8.96. The first-order chi connectivity index (χ1) is 14.9.